The van der Waals surface area contributed by atoms with E-state index in [0.717, 1.165) is 5.56 Å². The van der Waals surface area contributed by atoms with Gasteiger partial charge in [0.25, 0.3) is 0 Å². The van der Waals surface area contributed by atoms with Gasteiger partial charge in [-0.05, 0) is 24.6 Å². The van der Waals surface area contributed by atoms with E-state index in [2.05, 4.69) is 10.9 Å². The van der Waals surface area contributed by atoms with Crippen molar-refractivity contribution < 1.29 is 24.2 Å². The first-order valence-corrected chi connectivity index (χ1v) is 11.0. The fraction of sp³-hybridized carbons (Fsp3) is 0.304. The van der Waals surface area contributed by atoms with Crippen molar-refractivity contribution >= 4 is 46.2 Å². The average molecular weight is 505 g/mol. The Hall–Kier alpha value is -3.28. The van der Waals surface area contributed by atoms with Crippen molar-refractivity contribution in [3.8, 4) is 11.5 Å². The third-order valence-electron chi connectivity index (χ3n) is 4.86. The van der Waals surface area contributed by atoms with E-state index < -0.39 is 18.2 Å². The number of amides is 2. The van der Waals surface area contributed by atoms with Gasteiger partial charge in [0.05, 0.1) is 32.0 Å². The molecule has 0 unspecified atom stereocenters. The number of aliphatic hydroxyl groups is 1. The molecule has 2 aromatic rings. The van der Waals surface area contributed by atoms with E-state index in [-0.39, 0.29) is 11.6 Å². The van der Waals surface area contributed by atoms with Crippen LogP contribution < -0.4 is 20.3 Å². The van der Waals surface area contributed by atoms with Crippen LogP contribution in [0, 0.1) is 6.92 Å². The summed E-state index contributed by atoms with van der Waals surface area (Å²) in [7, 11) is 6.15. The highest BCUT2D eigenvalue weighted by Gasteiger charge is 2.20. The lowest BCUT2D eigenvalue weighted by molar-refractivity contribution is -0.132. The highest BCUT2D eigenvalue weighted by Crippen LogP contribution is 2.26. The molecule has 0 fully saturated rings. The first-order chi connectivity index (χ1) is 16.1. The third kappa shape index (κ3) is 6.40. The lowest BCUT2D eigenvalue weighted by Crippen LogP contribution is -2.47. The molecule has 0 aliphatic heterocycles. The van der Waals surface area contributed by atoms with Crippen molar-refractivity contribution in [2.45, 2.75) is 20.0 Å². The Kier molecular flexibility index (Phi) is 9.72. The van der Waals surface area contributed by atoms with Gasteiger partial charge in [-0.25, -0.2) is 0 Å². The maximum Gasteiger partial charge on any atom is 0.248 e. The Morgan fingerprint density at radius 1 is 0.882 bits per heavy atom. The van der Waals surface area contributed by atoms with Crippen LogP contribution in [0.25, 0.3) is 0 Å². The maximum atomic E-state index is 12.4. The Morgan fingerprint density at radius 3 is 1.82 bits per heavy atom. The van der Waals surface area contributed by atoms with E-state index in [1.54, 1.807) is 45.5 Å². The lowest BCUT2D eigenvalue weighted by Gasteiger charge is -2.24. The second kappa shape index (κ2) is 12.3. The van der Waals surface area contributed by atoms with Crippen LogP contribution in [-0.4, -0.2) is 65.2 Å². The summed E-state index contributed by atoms with van der Waals surface area (Å²) in [5.74, 6) is -0.113. The molecule has 3 N–H and O–H groups in total. The number of carbonyl (C=O) groups excluding carboxylic acids is 2. The number of carbonyl (C=O) groups is 2. The van der Waals surface area contributed by atoms with Crippen molar-refractivity contribution in [2.24, 2.45) is 0 Å². The molecule has 2 amide bonds. The summed E-state index contributed by atoms with van der Waals surface area (Å²) in [4.78, 5) is 25.4. The van der Waals surface area contributed by atoms with E-state index >= 15 is 0 Å². The third-order valence-corrected chi connectivity index (χ3v) is 5.85. The van der Waals surface area contributed by atoms with Crippen molar-refractivity contribution in [1.82, 2.24) is 20.9 Å². The minimum absolute atomic E-state index is 0.223. The summed E-state index contributed by atoms with van der Waals surface area (Å²) >= 11 is 10.9. The number of thiocarbonyl (C=S) groups is 2. The van der Waals surface area contributed by atoms with Crippen molar-refractivity contribution in [3.63, 3.8) is 0 Å². The van der Waals surface area contributed by atoms with Gasteiger partial charge in [0.15, 0.2) is 0 Å². The van der Waals surface area contributed by atoms with Crippen LogP contribution in [0.2, 0.25) is 0 Å². The standard InChI is InChI=1S/C23H28N4O5S2/c1-14-8-6-10-16(20(14)31-4)22(33)26(2)24-18(29)12-19(30)25-27(3)23(34)17-11-7-9-15(13-28)21(17)32-5/h6-11,28H,12-13H2,1-5H3,(H,24,29)(H,25,30). The molecule has 0 radical (unpaired) electrons. The molecule has 34 heavy (non-hydrogen) atoms. The quantitative estimate of drug-likeness (QED) is 0.296. The molecule has 2 rings (SSSR count). The molecule has 2 aromatic carbocycles. The summed E-state index contributed by atoms with van der Waals surface area (Å²) < 4.78 is 10.8. The van der Waals surface area contributed by atoms with Crippen molar-refractivity contribution in [3.05, 3.63) is 58.7 Å². The zero-order chi connectivity index (χ0) is 25.4. The van der Waals surface area contributed by atoms with E-state index in [9.17, 15) is 14.7 Å². The zero-order valence-electron chi connectivity index (χ0n) is 19.7. The predicted octanol–water partition coefficient (Wildman–Crippen LogP) is 1.87. The zero-order valence-corrected chi connectivity index (χ0v) is 21.3. The number of benzene rings is 2. The minimum atomic E-state index is -0.577. The van der Waals surface area contributed by atoms with Crippen molar-refractivity contribution in [1.29, 1.82) is 0 Å². The number of ether oxygens (including phenoxy) is 2. The summed E-state index contributed by atoms with van der Waals surface area (Å²) in [6, 6.07) is 10.7. The van der Waals surface area contributed by atoms with Gasteiger partial charge >= 0.3 is 0 Å². The number of hydrogen-bond donors (Lipinski definition) is 3. The molecule has 0 aromatic heterocycles. The van der Waals surface area contributed by atoms with Gasteiger partial charge in [-0.3, -0.25) is 30.5 Å². The van der Waals surface area contributed by atoms with Crippen LogP contribution in [0.3, 0.4) is 0 Å². The van der Waals surface area contributed by atoms with Crippen LogP contribution in [0.5, 0.6) is 11.5 Å². The number of hydrogen-bond acceptors (Lipinski definition) is 7. The first kappa shape index (κ1) is 27.0. The van der Waals surface area contributed by atoms with E-state index in [4.69, 9.17) is 33.9 Å². The Balaban J connectivity index is 1.99. The van der Waals surface area contributed by atoms with Gasteiger partial charge < -0.3 is 14.6 Å². The van der Waals surface area contributed by atoms with Gasteiger partial charge in [-0.15, -0.1) is 0 Å². The molecule has 0 aliphatic rings. The molecule has 0 heterocycles. The van der Waals surface area contributed by atoms with Gasteiger partial charge in [0, 0.05) is 19.7 Å². The number of aryl methyl sites for hydroxylation is 1. The van der Waals surface area contributed by atoms with Crippen LogP contribution in [0.4, 0.5) is 0 Å². The highest BCUT2D eigenvalue weighted by molar-refractivity contribution is 7.81. The molecule has 9 nitrogen and oxygen atoms in total. The highest BCUT2D eigenvalue weighted by atomic mass is 32.1. The molecule has 182 valence electrons. The summed E-state index contributed by atoms with van der Waals surface area (Å²) in [5, 5.41) is 12.2. The second-order valence-electron chi connectivity index (χ2n) is 7.29. The lowest BCUT2D eigenvalue weighted by atomic mass is 10.1. The largest absolute Gasteiger partial charge is 0.496 e. The molecule has 0 spiro atoms. The number of hydrazine groups is 2. The number of para-hydroxylation sites is 2. The van der Waals surface area contributed by atoms with Gasteiger partial charge in [0.2, 0.25) is 11.8 Å². The SMILES string of the molecule is COc1c(C)cccc1C(=S)N(C)NC(=O)CC(=O)NN(C)C(=S)c1cccc(CO)c1OC. The number of nitrogens with zero attached hydrogens (tertiary/aromatic N) is 2. The monoisotopic (exact) mass is 504 g/mol. The van der Waals surface area contributed by atoms with Gasteiger partial charge in [0.1, 0.15) is 27.9 Å². The Morgan fingerprint density at radius 2 is 1.35 bits per heavy atom. The molecule has 0 saturated heterocycles. The Bertz CT molecular complexity index is 1090. The molecular weight excluding hydrogens is 476 g/mol. The summed E-state index contributed by atoms with van der Waals surface area (Å²) in [6.07, 6.45) is -0.460. The van der Waals surface area contributed by atoms with Crippen LogP contribution >= 0.6 is 24.4 Å². The molecule has 11 heteroatoms. The molecule has 0 bridgehead atoms. The van der Waals surface area contributed by atoms with Crippen molar-refractivity contribution in [2.75, 3.05) is 28.3 Å². The first-order valence-electron chi connectivity index (χ1n) is 10.2. The van der Waals surface area contributed by atoms with E-state index in [1.165, 1.54) is 17.1 Å². The minimum Gasteiger partial charge on any atom is -0.496 e. The smallest absolute Gasteiger partial charge is 0.248 e. The average Bonchev–Trinajstić information content (AvgIpc) is 2.81. The Labute approximate surface area is 209 Å². The molecule has 0 saturated carbocycles. The number of aliphatic hydroxyl groups excluding tert-OH is 1. The summed E-state index contributed by atoms with van der Waals surface area (Å²) in [5.41, 5.74) is 7.78. The fourth-order valence-electron chi connectivity index (χ4n) is 3.27. The predicted molar refractivity (Wildman–Crippen MR) is 136 cm³/mol. The van der Waals surface area contributed by atoms with Crippen LogP contribution in [-0.2, 0) is 16.2 Å². The molecular formula is C23H28N4O5S2. The normalized spacial score (nSPS) is 10.2. The maximum absolute atomic E-state index is 12.4. The van der Waals surface area contributed by atoms with Crippen LogP contribution in [0.1, 0.15) is 28.7 Å². The van der Waals surface area contributed by atoms with Crippen LogP contribution in [0.15, 0.2) is 36.4 Å². The number of rotatable bonds is 7. The number of methoxy groups -OCH3 is 2. The molecule has 0 atom stereocenters. The topological polar surface area (TPSA) is 103 Å². The van der Waals surface area contributed by atoms with Gasteiger partial charge in [-0.2, -0.15) is 0 Å². The molecule has 0 aliphatic carbocycles. The van der Waals surface area contributed by atoms with E-state index in [0.29, 0.717) is 33.2 Å². The number of nitrogens with one attached hydrogen (secondary N) is 2. The second-order valence-corrected chi connectivity index (χ2v) is 8.06. The summed E-state index contributed by atoms with van der Waals surface area (Å²) in [6.45, 7) is 1.67. The van der Waals surface area contributed by atoms with Gasteiger partial charge in [-0.1, -0.05) is 48.7 Å². The van der Waals surface area contributed by atoms with E-state index in [1.807, 2.05) is 19.1 Å². The fourth-order valence-corrected chi connectivity index (χ4v) is 3.69.